The molecule has 0 bridgehead atoms. The van der Waals surface area contributed by atoms with Gasteiger partial charge in [-0.25, -0.2) is 4.79 Å². The van der Waals surface area contributed by atoms with Gasteiger partial charge in [0.25, 0.3) is 0 Å². The van der Waals surface area contributed by atoms with E-state index in [1.165, 1.54) is 19.1 Å². The van der Waals surface area contributed by atoms with Gasteiger partial charge >= 0.3 is 18.0 Å². The lowest BCUT2D eigenvalue weighted by Gasteiger charge is -2.39. The van der Waals surface area contributed by atoms with Crippen LogP contribution in [0.5, 0.6) is 0 Å². The van der Waals surface area contributed by atoms with E-state index in [0.29, 0.717) is 0 Å². The summed E-state index contributed by atoms with van der Waals surface area (Å²) in [5.41, 5.74) is -0.725. The maximum atomic E-state index is 12.8. The predicted molar refractivity (Wildman–Crippen MR) is 113 cm³/mol. The SMILES string of the molecule is COC(=O)CCN(C(=O)OC(C)(C)C)[C@H](CO[Si](C)(C)C(C)(C)C)CC(=O)OC. The van der Waals surface area contributed by atoms with Crippen LogP contribution in [0.2, 0.25) is 18.1 Å². The number of carbonyl (C=O) groups is 3. The Balaban J connectivity index is 5.70. The van der Waals surface area contributed by atoms with Crippen LogP contribution >= 0.6 is 0 Å². The molecule has 0 radical (unpaired) electrons. The third kappa shape index (κ3) is 10.1. The molecule has 0 saturated heterocycles. The van der Waals surface area contributed by atoms with Gasteiger partial charge in [-0.15, -0.1) is 0 Å². The van der Waals surface area contributed by atoms with Crippen molar-refractivity contribution in [1.29, 1.82) is 0 Å². The summed E-state index contributed by atoms with van der Waals surface area (Å²) in [4.78, 5) is 37.9. The maximum Gasteiger partial charge on any atom is 0.410 e. The number of amides is 1. The summed E-state index contributed by atoms with van der Waals surface area (Å²) >= 11 is 0. The number of hydrogen-bond donors (Lipinski definition) is 0. The van der Waals surface area contributed by atoms with E-state index >= 15 is 0 Å². The van der Waals surface area contributed by atoms with Crippen molar-refractivity contribution in [1.82, 2.24) is 4.90 Å². The van der Waals surface area contributed by atoms with E-state index in [4.69, 9.17) is 13.9 Å². The summed E-state index contributed by atoms with van der Waals surface area (Å²) in [6.45, 7) is 16.0. The molecule has 170 valence electrons. The molecule has 0 saturated carbocycles. The average molecular weight is 434 g/mol. The van der Waals surface area contributed by atoms with E-state index in [-0.39, 0.29) is 31.0 Å². The molecule has 1 atom stereocenters. The second kappa shape index (κ2) is 11.0. The van der Waals surface area contributed by atoms with Crippen molar-refractivity contribution in [3.05, 3.63) is 0 Å². The summed E-state index contributed by atoms with van der Waals surface area (Å²) in [6, 6.07) is -0.629. The molecule has 0 unspecified atom stereocenters. The van der Waals surface area contributed by atoms with Crippen LogP contribution in [0.3, 0.4) is 0 Å². The molecular formula is C20H39NO7Si. The molecule has 0 N–H and O–H groups in total. The van der Waals surface area contributed by atoms with E-state index in [0.717, 1.165) is 0 Å². The number of esters is 2. The molecule has 0 aromatic rings. The molecule has 1 amide bonds. The normalized spacial score (nSPS) is 13.4. The first-order chi connectivity index (χ1) is 13.0. The van der Waals surface area contributed by atoms with Crippen LogP contribution in [-0.2, 0) is 28.2 Å². The van der Waals surface area contributed by atoms with E-state index < -0.39 is 38.0 Å². The van der Waals surface area contributed by atoms with Crippen LogP contribution in [0.1, 0.15) is 54.4 Å². The van der Waals surface area contributed by atoms with E-state index in [9.17, 15) is 14.4 Å². The second-order valence-corrected chi connectivity index (χ2v) is 14.3. The van der Waals surface area contributed by atoms with Gasteiger partial charge in [0.2, 0.25) is 0 Å². The minimum absolute atomic E-state index is 0.0203. The zero-order chi connectivity index (χ0) is 23.0. The molecular weight excluding hydrogens is 394 g/mol. The smallest absolute Gasteiger partial charge is 0.410 e. The van der Waals surface area contributed by atoms with Crippen molar-refractivity contribution in [2.75, 3.05) is 27.4 Å². The lowest BCUT2D eigenvalue weighted by Crippen LogP contribution is -2.50. The number of nitrogens with zero attached hydrogens (tertiary/aromatic N) is 1. The Hall–Kier alpha value is -1.61. The first-order valence-corrected chi connectivity index (χ1v) is 12.7. The highest BCUT2D eigenvalue weighted by Crippen LogP contribution is 2.36. The van der Waals surface area contributed by atoms with Crippen molar-refractivity contribution >= 4 is 26.3 Å². The van der Waals surface area contributed by atoms with Crippen molar-refractivity contribution in [3.63, 3.8) is 0 Å². The Bertz CT molecular complexity index is 564. The highest BCUT2D eigenvalue weighted by Gasteiger charge is 2.39. The number of ether oxygens (including phenoxy) is 3. The van der Waals surface area contributed by atoms with Crippen LogP contribution in [0, 0.1) is 0 Å². The molecule has 29 heavy (non-hydrogen) atoms. The Labute approximate surface area is 176 Å². The monoisotopic (exact) mass is 433 g/mol. The Kier molecular flexibility index (Phi) is 10.4. The summed E-state index contributed by atoms with van der Waals surface area (Å²) in [5.74, 6) is -0.929. The van der Waals surface area contributed by atoms with Crippen LogP contribution in [-0.4, -0.2) is 70.3 Å². The van der Waals surface area contributed by atoms with Gasteiger partial charge < -0.3 is 23.5 Å². The zero-order valence-corrected chi connectivity index (χ0v) is 20.7. The minimum Gasteiger partial charge on any atom is -0.469 e. The van der Waals surface area contributed by atoms with Crippen molar-refractivity contribution in [2.45, 2.75) is 84.2 Å². The van der Waals surface area contributed by atoms with E-state index in [1.807, 2.05) is 0 Å². The lowest BCUT2D eigenvalue weighted by atomic mass is 10.1. The fourth-order valence-electron chi connectivity index (χ4n) is 2.11. The third-order valence-corrected chi connectivity index (χ3v) is 9.43. The van der Waals surface area contributed by atoms with Crippen molar-refractivity contribution < 1.29 is 33.0 Å². The lowest BCUT2D eigenvalue weighted by molar-refractivity contribution is -0.142. The number of carbonyl (C=O) groups excluding carboxylic acids is 3. The highest BCUT2D eigenvalue weighted by atomic mass is 28.4. The molecule has 0 rings (SSSR count). The number of rotatable bonds is 9. The zero-order valence-electron chi connectivity index (χ0n) is 19.7. The number of methoxy groups -OCH3 is 2. The average Bonchev–Trinajstić information content (AvgIpc) is 2.56. The van der Waals surface area contributed by atoms with Gasteiger partial charge in [-0.1, -0.05) is 20.8 Å². The molecule has 0 spiro atoms. The van der Waals surface area contributed by atoms with Crippen molar-refractivity contribution in [2.24, 2.45) is 0 Å². The molecule has 0 aromatic heterocycles. The summed E-state index contributed by atoms with van der Waals surface area (Å²) in [5, 5.41) is -0.0361. The highest BCUT2D eigenvalue weighted by molar-refractivity contribution is 6.74. The molecule has 0 aliphatic carbocycles. The molecule has 0 aliphatic heterocycles. The van der Waals surface area contributed by atoms with Crippen LogP contribution in [0.15, 0.2) is 0 Å². The topological polar surface area (TPSA) is 91.4 Å². The van der Waals surface area contributed by atoms with Gasteiger partial charge in [-0.3, -0.25) is 9.59 Å². The van der Waals surface area contributed by atoms with Gasteiger partial charge in [0.15, 0.2) is 8.32 Å². The van der Waals surface area contributed by atoms with Gasteiger partial charge in [0, 0.05) is 6.54 Å². The summed E-state index contributed by atoms with van der Waals surface area (Å²) < 4.78 is 21.3. The third-order valence-electron chi connectivity index (χ3n) is 4.93. The molecule has 8 nitrogen and oxygen atoms in total. The minimum atomic E-state index is -2.13. The Morgan fingerprint density at radius 1 is 0.931 bits per heavy atom. The van der Waals surface area contributed by atoms with Gasteiger partial charge in [-0.05, 0) is 38.9 Å². The maximum absolute atomic E-state index is 12.8. The van der Waals surface area contributed by atoms with Gasteiger partial charge in [-0.2, -0.15) is 0 Å². The van der Waals surface area contributed by atoms with Crippen LogP contribution in [0.25, 0.3) is 0 Å². The fourth-order valence-corrected chi connectivity index (χ4v) is 3.16. The largest absolute Gasteiger partial charge is 0.469 e. The first kappa shape index (κ1) is 27.4. The first-order valence-electron chi connectivity index (χ1n) is 9.81. The molecule has 9 heteroatoms. The summed E-state index contributed by atoms with van der Waals surface area (Å²) in [6.07, 6.45) is -0.701. The van der Waals surface area contributed by atoms with Crippen LogP contribution < -0.4 is 0 Å². The van der Waals surface area contributed by atoms with Crippen molar-refractivity contribution in [3.8, 4) is 0 Å². The van der Waals surface area contributed by atoms with Crippen LogP contribution in [0.4, 0.5) is 4.79 Å². The van der Waals surface area contributed by atoms with Gasteiger partial charge in [0.1, 0.15) is 5.60 Å². The molecule has 0 heterocycles. The summed E-state index contributed by atoms with van der Waals surface area (Å²) in [7, 11) is 0.446. The van der Waals surface area contributed by atoms with E-state index in [1.54, 1.807) is 20.8 Å². The fraction of sp³-hybridized carbons (Fsp3) is 0.850. The van der Waals surface area contributed by atoms with E-state index in [2.05, 4.69) is 38.6 Å². The molecule has 0 aromatic carbocycles. The Morgan fingerprint density at radius 2 is 1.45 bits per heavy atom. The van der Waals surface area contributed by atoms with Gasteiger partial charge in [0.05, 0.1) is 39.7 Å². The standard InChI is InChI=1S/C20H39NO7Si/c1-19(2,3)28-18(24)21(12-11-16(22)25-7)15(13-17(23)26-8)14-27-29(9,10)20(4,5)6/h15H,11-14H2,1-10H3/t15-/m0/s1. The quantitative estimate of drug-likeness (QED) is 0.311. The molecule has 0 aliphatic rings. The predicted octanol–water partition coefficient (Wildman–Crippen LogP) is 3.74. The second-order valence-electron chi connectivity index (χ2n) is 9.51. The molecule has 0 fully saturated rings. The Morgan fingerprint density at radius 3 is 1.86 bits per heavy atom. The number of hydrogen-bond acceptors (Lipinski definition) is 7.